The van der Waals surface area contributed by atoms with Gasteiger partial charge in [-0.15, -0.1) is 0 Å². The van der Waals surface area contributed by atoms with Crippen molar-refractivity contribution in [2.45, 2.75) is 37.4 Å². The lowest BCUT2D eigenvalue weighted by atomic mass is 9.97. The quantitative estimate of drug-likeness (QED) is 0.906. The summed E-state index contributed by atoms with van der Waals surface area (Å²) in [4.78, 5) is 14.0. The van der Waals surface area contributed by atoms with Gasteiger partial charge in [0.15, 0.2) is 0 Å². The van der Waals surface area contributed by atoms with E-state index in [2.05, 4.69) is 0 Å². The van der Waals surface area contributed by atoms with Gasteiger partial charge < -0.3 is 14.7 Å². The van der Waals surface area contributed by atoms with Gasteiger partial charge in [0.25, 0.3) is 0 Å². The number of hydrogen-bond donors (Lipinski definition) is 1. The highest BCUT2D eigenvalue weighted by Gasteiger charge is 2.50. The molecule has 1 amide bonds. The Labute approximate surface area is 119 Å². The van der Waals surface area contributed by atoms with Gasteiger partial charge in [-0.3, -0.25) is 4.79 Å². The molecule has 108 valence electrons. The molecule has 2 saturated heterocycles. The van der Waals surface area contributed by atoms with Crippen LogP contribution in [0, 0.1) is 0 Å². The van der Waals surface area contributed by atoms with E-state index in [0.717, 1.165) is 19.3 Å². The molecule has 1 N–H and O–H groups in total. The first-order valence-corrected chi connectivity index (χ1v) is 7.33. The van der Waals surface area contributed by atoms with E-state index in [1.807, 2.05) is 30.3 Å². The molecule has 2 heterocycles. The van der Waals surface area contributed by atoms with E-state index in [1.165, 1.54) is 5.56 Å². The SMILES string of the molecule is O=C(CCc1ccccc1)N1C[C@H](O)[C@]2(CCCO2)C1. The molecular formula is C16H21NO3. The Bertz CT molecular complexity index is 468. The summed E-state index contributed by atoms with van der Waals surface area (Å²) in [5.41, 5.74) is 0.690. The lowest BCUT2D eigenvalue weighted by Gasteiger charge is -2.25. The predicted octanol–water partition coefficient (Wildman–Crippen LogP) is 1.37. The molecular weight excluding hydrogens is 254 g/mol. The molecule has 1 spiro atoms. The average Bonchev–Trinajstić information content (AvgIpc) is 3.07. The van der Waals surface area contributed by atoms with Crippen LogP contribution in [0.4, 0.5) is 0 Å². The minimum absolute atomic E-state index is 0.111. The highest BCUT2D eigenvalue weighted by Crippen LogP contribution is 2.35. The fourth-order valence-corrected chi connectivity index (χ4v) is 3.22. The molecule has 0 aromatic heterocycles. The molecule has 1 aromatic rings. The molecule has 0 aliphatic carbocycles. The number of aryl methyl sites for hydroxylation is 1. The summed E-state index contributed by atoms with van der Waals surface area (Å²) in [6.07, 6.45) is 2.54. The molecule has 0 unspecified atom stereocenters. The summed E-state index contributed by atoms with van der Waals surface area (Å²) in [6, 6.07) is 10.0. The molecule has 2 aliphatic heterocycles. The van der Waals surface area contributed by atoms with Gasteiger partial charge in [0.05, 0.1) is 6.54 Å². The van der Waals surface area contributed by atoms with E-state index in [4.69, 9.17) is 4.74 Å². The molecule has 4 nitrogen and oxygen atoms in total. The molecule has 0 saturated carbocycles. The minimum atomic E-state index is -0.536. The van der Waals surface area contributed by atoms with Crippen molar-refractivity contribution in [2.24, 2.45) is 0 Å². The summed E-state index contributed by atoms with van der Waals surface area (Å²) in [6.45, 7) is 1.65. The lowest BCUT2D eigenvalue weighted by Crippen LogP contribution is -2.41. The van der Waals surface area contributed by atoms with Crippen LogP contribution in [0.15, 0.2) is 30.3 Å². The van der Waals surface area contributed by atoms with Gasteiger partial charge in [0.2, 0.25) is 5.91 Å². The lowest BCUT2D eigenvalue weighted by molar-refractivity contribution is -0.131. The largest absolute Gasteiger partial charge is 0.388 e. The third-order valence-corrected chi connectivity index (χ3v) is 4.42. The van der Waals surface area contributed by atoms with Crippen LogP contribution < -0.4 is 0 Å². The summed E-state index contributed by atoms with van der Waals surface area (Å²) in [7, 11) is 0. The Kier molecular flexibility index (Phi) is 3.76. The molecule has 3 rings (SSSR count). The monoisotopic (exact) mass is 275 g/mol. The van der Waals surface area contributed by atoms with Gasteiger partial charge >= 0.3 is 0 Å². The van der Waals surface area contributed by atoms with Crippen LogP contribution in [-0.4, -0.2) is 47.3 Å². The van der Waals surface area contributed by atoms with Crippen LogP contribution in [0.2, 0.25) is 0 Å². The van der Waals surface area contributed by atoms with Crippen LogP contribution in [0.5, 0.6) is 0 Å². The van der Waals surface area contributed by atoms with Gasteiger partial charge in [0, 0.05) is 19.6 Å². The van der Waals surface area contributed by atoms with Gasteiger partial charge in [-0.25, -0.2) is 0 Å². The number of amides is 1. The zero-order valence-corrected chi connectivity index (χ0v) is 11.6. The first-order valence-electron chi connectivity index (χ1n) is 7.33. The first kappa shape index (κ1) is 13.6. The number of ether oxygens (including phenoxy) is 1. The molecule has 0 radical (unpaired) electrons. The third-order valence-electron chi connectivity index (χ3n) is 4.42. The Balaban J connectivity index is 1.56. The highest BCUT2D eigenvalue weighted by atomic mass is 16.5. The second-order valence-electron chi connectivity index (χ2n) is 5.79. The van der Waals surface area contributed by atoms with Gasteiger partial charge in [-0.1, -0.05) is 30.3 Å². The van der Waals surface area contributed by atoms with Crippen LogP contribution in [0.1, 0.15) is 24.8 Å². The van der Waals surface area contributed by atoms with Crippen molar-refractivity contribution in [3.05, 3.63) is 35.9 Å². The molecule has 2 aliphatic rings. The van der Waals surface area contributed by atoms with E-state index in [-0.39, 0.29) is 5.91 Å². The van der Waals surface area contributed by atoms with Crippen molar-refractivity contribution < 1.29 is 14.6 Å². The van der Waals surface area contributed by atoms with Crippen molar-refractivity contribution in [3.63, 3.8) is 0 Å². The van der Waals surface area contributed by atoms with E-state index >= 15 is 0 Å². The van der Waals surface area contributed by atoms with Crippen LogP contribution in [0.3, 0.4) is 0 Å². The summed E-state index contributed by atoms with van der Waals surface area (Å²) in [5, 5.41) is 10.2. The normalized spacial score (nSPS) is 29.2. The number of β-amino-alcohol motifs (C(OH)–C–C–N with tert-alkyl or cyclic N) is 1. The Morgan fingerprint density at radius 3 is 2.90 bits per heavy atom. The van der Waals surface area contributed by atoms with Crippen molar-refractivity contribution in [1.29, 1.82) is 0 Å². The number of aliphatic hydroxyl groups is 1. The number of benzene rings is 1. The number of aliphatic hydroxyl groups excluding tert-OH is 1. The molecule has 2 atom stereocenters. The number of rotatable bonds is 3. The Morgan fingerprint density at radius 1 is 1.40 bits per heavy atom. The number of nitrogens with zero attached hydrogens (tertiary/aromatic N) is 1. The van der Waals surface area contributed by atoms with Crippen molar-refractivity contribution in [3.8, 4) is 0 Å². The van der Waals surface area contributed by atoms with Crippen molar-refractivity contribution >= 4 is 5.91 Å². The van der Waals surface area contributed by atoms with E-state index in [0.29, 0.717) is 26.1 Å². The average molecular weight is 275 g/mol. The molecule has 1 aromatic carbocycles. The zero-order valence-electron chi connectivity index (χ0n) is 11.6. The number of hydrogen-bond acceptors (Lipinski definition) is 3. The zero-order chi connectivity index (χ0) is 14.0. The standard InChI is InChI=1S/C16H21NO3/c18-14-11-17(12-16(14)9-4-10-20-16)15(19)8-7-13-5-2-1-3-6-13/h1-3,5-6,14,18H,4,7-12H2/t14-,16-/m0/s1. The predicted molar refractivity (Wildman–Crippen MR) is 75.3 cm³/mol. The fourth-order valence-electron chi connectivity index (χ4n) is 3.22. The summed E-state index contributed by atoms with van der Waals surface area (Å²) in [5.74, 6) is 0.111. The molecule has 0 bridgehead atoms. The first-order chi connectivity index (χ1) is 9.70. The number of likely N-dealkylation sites (tertiary alicyclic amines) is 1. The van der Waals surface area contributed by atoms with Crippen molar-refractivity contribution in [2.75, 3.05) is 19.7 Å². The summed E-state index contributed by atoms with van der Waals surface area (Å²) >= 11 is 0. The van der Waals surface area contributed by atoms with Gasteiger partial charge in [0.1, 0.15) is 11.7 Å². The Hall–Kier alpha value is -1.39. The van der Waals surface area contributed by atoms with Crippen LogP contribution in [-0.2, 0) is 16.0 Å². The maximum absolute atomic E-state index is 12.3. The van der Waals surface area contributed by atoms with E-state index in [1.54, 1.807) is 4.90 Å². The summed E-state index contributed by atoms with van der Waals surface area (Å²) < 4.78 is 5.71. The molecule has 20 heavy (non-hydrogen) atoms. The van der Waals surface area contributed by atoms with Crippen LogP contribution in [0.25, 0.3) is 0 Å². The maximum Gasteiger partial charge on any atom is 0.223 e. The third kappa shape index (κ3) is 2.58. The fraction of sp³-hybridized carbons (Fsp3) is 0.562. The molecule has 4 heteroatoms. The number of carbonyl (C=O) groups excluding carboxylic acids is 1. The maximum atomic E-state index is 12.3. The smallest absolute Gasteiger partial charge is 0.223 e. The number of carbonyl (C=O) groups is 1. The van der Waals surface area contributed by atoms with Crippen molar-refractivity contribution in [1.82, 2.24) is 4.90 Å². The van der Waals surface area contributed by atoms with E-state index < -0.39 is 11.7 Å². The molecule has 2 fully saturated rings. The Morgan fingerprint density at radius 2 is 2.20 bits per heavy atom. The van der Waals surface area contributed by atoms with Gasteiger partial charge in [-0.05, 0) is 24.8 Å². The highest BCUT2D eigenvalue weighted by molar-refractivity contribution is 5.77. The van der Waals surface area contributed by atoms with Gasteiger partial charge in [-0.2, -0.15) is 0 Å². The topological polar surface area (TPSA) is 49.8 Å². The van der Waals surface area contributed by atoms with E-state index in [9.17, 15) is 9.90 Å². The minimum Gasteiger partial charge on any atom is -0.388 e. The van der Waals surface area contributed by atoms with Crippen LogP contribution >= 0.6 is 0 Å². The second-order valence-corrected chi connectivity index (χ2v) is 5.79. The second kappa shape index (κ2) is 5.54.